The Morgan fingerprint density at radius 2 is 0.964 bits per heavy atom. The van der Waals surface area contributed by atoms with E-state index in [1.165, 1.54) is 0 Å². The van der Waals surface area contributed by atoms with Crippen LogP contribution in [0.3, 0.4) is 0 Å². The van der Waals surface area contributed by atoms with Gasteiger partial charge in [-0.1, -0.05) is 59.7 Å². The fourth-order valence-electron chi connectivity index (χ4n) is 2.74. The summed E-state index contributed by atoms with van der Waals surface area (Å²) in [6.07, 6.45) is 0. The summed E-state index contributed by atoms with van der Waals surface area (Å²) >= 11 is 0. The molecular formula is C22H20O6. The molecule has 0 saturated carbocycles. The average molecular weight is 380 g/mol. The predicted molar refractivity (Wildman–Crippen MR) is 103 cm³/mol. The molecule has 2 heterocycles. The van der Waals surface area contributed by atoms with E-state index < -0.39 is 11.9 Å². The van der Waals surface area contributed by atoms with Gasteiger partial charge in [0, 0.05) is 11.1 Å². The lowest BCUT2D eigenvalue weighted by molar-refractivity contribution is -0.139. The molecule has 2 aromatic rings. The molecule has 0 atom stereocenters. The van der Waals surface area contributed by atoms with Crippen molar-refractivity contribution in [3.8, 4) is 0 Å². The zero-order valence-corrected chi connectivity index (χ0v) is 15.6. The number of hydrogen-bond acceptors (Lipinski definition) is 6. The number of aryl methyl sites for hydroxylation is 2. The largest absolute Gasteiger partial charge is 0.502 e. The van der Waals surface area contributed by atoms with Crippen molar-refractivity contribution >= 4 is 23.1 Å². The number of carbonyl (C=O) groups is 2. The number of aliphatic hydroxyl groups is 2. The van der Waals surface area contributed by atoms with Gasteiger partial charge in [-0.15, -0.1) is 0 Å². The molecule has 144 valence electrons. The smallest absolute Gasteiger partial charge is 0.374 e. The van der Waals surface area contributed by atoms with Crippen molar-refractivity contribution in [1.82, 2.24) is 0 Å². The lowest BCUT2D eigenvalue weighted by Gasteiger charge is -2.00. The van der Waals surface area contributed by atoms with Gasteiger partial charge >= 0.3 is 11.9 Å². The normalized spacial score (nSPS) is 15.9. The van der Waals surface area contributed by atoms with Gasteiger partial charge in [0.25, 0.3) is 0 Å². The fraction of sp³-hybridized carbons (Fsp3) is 0.182. The number of aliphatic hydroxyl groups excluding tert-OH is 2. The first-order valence-corrected chi connectivity index (χ1v) is 8.69. The second kappa shape index (κ2) is 8.00. The van der Waals surface area contributed by atoms with Gasteiger partial charge in [-0.2, -0.15) is 0 Å². The Balaban J connectivity index is 0.000000161. The third-order valence-electron chi connectivity index (χ3n) is 4.45. The minimum Gasteiger partial charge on any atom is -0.502 e. The first-order valence-electron chi connectivity index (χ1n) is 8.69. The van der Waals surface area contributed by atoms with Crippen LogP contribution in [0, 0.1) is 13.8 Å². The molecule has 0 radical (unpaired) electrons. The molecule has 2 aliphatic heterocycles. The number of carbonyl (C=O) groups excluding carboxylic acids is 2. The average Bonchev–Trinajstić information content (AvgIpc) is 3.20. The van der Waals surface area contributed by atoms with Crippen LogP contribution in [0.4, 0.5) is 0 Å². The van der Waals surface area contributed by atoms with E-state index in [9.17, 15) is 19.8 Å². The Kier molecular flexibility index (Phi) is 5.49. The van der Waals surface area contributed by atoms with Crippen LogP contribution in [0.2, 0.25) is 0 Å². The third-order valence-corrected chi connectivity index (χ3v) is 4.45. The standard InChI is InChI=1S/2C11H10O3/c2*1-7-2-4-8(5-3-7)9-6-14-11(13)10(9)12/h2*2-5,12H,6H2,1H3. The maximum atomic E-state index is 10.9. The van der Waals surface area contributed by atoms with Gasteiger partial charge in [-0.3, -0.25) is 0 Å². The first kappa shape index (κ1) is 19.2. The van der Waals surface area contributed by atoms with Crippen molar-refractivity contribution in [1.29, 1.82) is 0 Å². The lowest BCUT2D eigenvalue weighted by atomic mass is 10.0. The van der Waals surface area contributed by atoms with Crippen LogP contribution in [0.15, 0.2) is 60.0 Å². The molecule has 2 N–H and O–H groups in total. The number of rotatable bonds is 2. The van der Waals surface area contributed by atoms with Crippen molar-refractivity contribution in [2.45, 2.75) is 13.8 Å². The first-order chi connectivity index (χ1) is 13.4. The highest BCUT2D eigenvalue weighted by atomic mass is 16.6. The molecule has 2 aromatic carbocycles. The Bertz CT molecular complexity index is 884. The van der Waals surface area contributed by atoms with Crippen LogP contribution >= 0.6 is 0 Å². The van der Waals surface area contributed by atoms with Crippen LogP contribution in [-0.2, 0) is 19.1 Å². The van der Waals surface area contributed by atoms with Crippen molar-refractivity contribution in [2.24, 2.45) is 0 Å². The monoisotopic (exact) mass is 380 g/mol. The topological polar surface area (TPSA) is 93.1 Å². The zero-order chi connectivity index (χ0) is 20.3. The second-order valence-electron chi connectivity index (χ2n) is 6.54. The van der Waals surface area contributed by atoms with Crippen LogP contribution < -0.4 is 0 Å². The molecule has 0 spiro atoms. The second-order valence-corrected chi connectivity index (χ2v) is 6.54. The molecule has 0 aromatic heterocycles. The zero-order valence-electron chi connectivity index (χ0n) is 15.6. The number of hydrogen-bond donors (Lipinski definition) is 2. The Hall–Kier alpha value is -3.54. The SMILES string of the molecule is Cc1ccc(C2=C(O)C(=O)OC2)cc1.Cc1ccc(C2=C(O)C(=O)OC2)cc1. The molecule has 28 heavy (non-hydrogen) atoms. The summed E-state index contributed by atoms with van der Waals surface area (Å²) in [5.74, 6) is -1.82. The van der Waals surface area contributed by atoms with Crippen LogP contribution in [-0.4, -0.2) is 35.4 Å². The van der Waals surface area contributed by atoms with Gasteiger partial charge in [-0.05, 0) is 25.0 Å². The lowest BCUT2D eigenvalue weighted by Crippen LogP contribution is -1.97. The highest BCUT2D eigenvalue weighted by molar-refractivity contribution is 5.99. The predicted octanol–water partition coefficient (Wildman–Crippen LogP) is 3.64. The fourth-order valence-corrected chi connectivity index (χ4v) is 2.74. The molecule has 2 aliphatic rings. The van der Waals surface area contributed by atoms with Crippen LogP contribution in [0.1, 0.15) is 22.3 Å². The number of cyclic esters (lactones) is 2. The maximum absolute atomic E-state index is 10.9. The van der Waals surface area contributed by atoms with Gasteiger partial charge in [0.1, 0.15) is 13.2 Å². The van der Waals surface area contributed by atoms with Crippen LogP contribution in [0.5, 0.6) is 0 Å². The van der Waals surface area contributed by atoms with Crippen molar-refractivity contribution in [2.75, 3.05) is 13.2 Å². The molecule has 4 rings (SSSR count). The van der Waals surface area contributed by atoms with E-state index in [0.717, 1.165) is 22.3 Å². The minimum absolute atomic E-state index is 0.160. The van der Waals surface area contributed by atoms with E-state index in [2.05, 4.69) is 0 Å². The number of esters is 2. The van der Waals surface area contributed by atoms with E-state index in [1.54, 1.807) is 0 Å². The van der Waals surface area contributed by atoms with Gasteiger partial charge in [0.15, 0.2) is 0 Å². The van der Waals surface area contributed by atoms with Crippen LogP contribution in [0.25, 0.3) is 11.1 Å². The van der Waals surface area contributed by atoms with Gasteiger partial charge < -0.3 is 19.7 Å². The van der Waals surface area contributed by atoms with Crippen molar-refractivity contribution in [3.05, 3.63) is 82.3 Å². The summed E-state index contributed by atoms with van der Waals surface area (Å²) in [5.41, 5.74) is 5.07. The summed E-state index contributed by atoms with van der Waals surface area (Å²) in [4.78, 5) is 21.8. The summed E-state index contributed by atoms with van der Waals surface area (Å²) in [6.45, 7) is 4.28. The molecule has 0 fully saturated rings. The van der Waals surface area contributed by atoms with Crippen molar-refractivity contribution in [3.63, 3.8) is 0 Å². The van der Waals surface area contributed by atoms with Gasteiger partial charge in [0.05, 0.1) is 0 Å². The maximum Gasteiger partial charge on any atom is 0.374 e. The number of ether oxygens (including phenoxy) is 2. The molecule has 0 bridgehead atoms. The highest BCUT2D eigenvalue weighted by Crippen LogP contribution is 2.25. The highest BCUT2D eigenvalue weighted by Gasteiger charge is 2.25. The van der Waals surface area contributed by atoms with E-state index >= 15 is 0 Å². The molecule has 0 unspecified atom stereocenters. The van der Waals surface area contributed by atoms with E-state index in [1.807, 2.05) is 62.4 Å². The molecule has 0 amide bonds. The van der Waals surface area contributed by atoms with Gasteiger partial charge in [-0.25, -0.2) is 9.59 Å². The van der Waals surface area contributed by atoms with E-state index in [-0.39, 0.29) is 24.7 Å². The minimum atomic E-state index is -0.638. The van der Waals surface area contributed by atoms with Crippen molar-refractivity contribution < 1.29 is 29.3 Å². The quantitative estimate of drug-likeness (QED) is 0.773. The van der Waals surface area contributed by atoms with Gasteiger partial charge in [0.2, 0.25) is 11.5 Å². The molecule has 0 aliphatic carbocycles. The summed E-state index contributed by atoms with van der Waals surface area (Å²) in [5, 5.41) is 18.8. The molecule has 6 nitrogen and oxygen atoms in total. The third kappa shape index (κ3) is 4.06. The Morgan fingerprint density at radius 3 is 1.21 bits per heavy atom. The molecular weight excluding hydrogens is 360 g/mol. The summed E-state index contributed by atoms with van der Waals surface area (Å²) in [7, 11) is 0. The van der Waals surface area contributed by atoms with E-state index in [4.69, 9.17) is 9.47 Å². The summed E-state index contributed by atoms with van der Waals surface area (Å²) < 4.78 is 9.40. The molecule has 6 heteroatoms. The van der Waals surface area contributed by atoms with E-state index in [0.29, 0.717) is 11.1 Å². The Morgan fingerprint density at radius 1 is 0.643 bits per heavy atom. The molecule has 0 saturated heterocycles. The summed E-state index contributed by atoms with van der Waals surface area (Å²) in [6, 6.07) is 15.2. The number of benzene rings is 2. The Labute approximate surface area is 162 Å².